The van der Waals surface area contributed by atoms with Gasteiger partial charge >= 0.3 is 0 Å². The zero-order valence-electron chi connectivity index (χ0n) is 12.1. The number of hydrogen-bond donors (Lipinski definition) is 3. The molecule has 0 saturated heterocycles. The van der Waals surface area contributed by atoms with Crippen LogP contribution >= 0.6 is 0 Å². The van der Waals surface area contributed by atoms with Gasteiger partial charge in [-0.3, -0.25) is 9.36 Å². The van der Waals surface area contributed by atoms with Crippen LogP contribution in [0.5, 0.6) is 17.5 Å². The zero-order chi connectivity index (χ0) is 16.6. The Bertz CT molecular complexity index is 927. The summed E-state index contributed by atoms with van der Waals surface area (Å²) in [5.41, 5.74) is 0.665. The van der Waals surface area contributed by atoms with Crippen molar-refractivity contribution in [2.45, 2.75) is 0 Å². The van der Waals surface area contributed by atoms with Crippen molar-refractivity contribution in [3.8, 4) is 17.5 Å². The molecule has 23 heavy (non-hydrogen) atoms. The van der Waals surface area contributed by atoms with Crippen molar-refractivity contribution in [2.24, 2.45) is 17.3 Å². The first-order valence-corrected chi connectivity index (χ1v) is 6.73. The number of phenols is 1. The van der Waals surface area contributed by atoms with Crippen molar-refractivity contribution in [1.29, 1.82) is 0 Å². The van der Waals surface area contributed by atoms with E-state index in [1.54, 1.807) is 0 Å². The van der Waals surface area contributed by atoms with Gasteiger partial charge < -0.3 is 15.3 Å². The van der Waals surface area contributed by atoms with Gasteiger partial charge in [0.25, 0.3) is 5.91 Å². The van der Waals surface area contributed by atoms with E-state index in [0.29, 0.717) is 16.5 Å². The van der Waals surface area contributed by atoms with Gasteiger partial charge in [0.1, 0.15) is 5.75 Å². The van der Waals surface area contributed by atoms with E-state index in [4.69, 9.17) is 0 Å². The normalized spacial score (nSPS) is 11.3. The van der Waals surface area contributed by atoms with Gasteiger partial charge in [-0.1, -0.05) is 0 Å². The molecule has 0 bridgehead atoms. The summed E-state index contributed by atoms with van der Waals surface area (Å²) < 4.78 is 1.22. The first kappa shape index (κ1) is 14.6. The molecule has 0 atom stereocenters. The van der Waals surface area contributed by atoms with Crippen LogP contribution in [-0.2, 0) is 7.05 Å². The quantitative estimate of drug-likeness (QED) is 0.631. The molecule has 3 aromatic rings. The Morgan fingerprint density at radius 1 is 0.957 bits per heavy atom. The second-order valence-corrected chi connectivity index (χ2v) is 4.99. The number of nitrogens with zero attached hydrogens (tertiary/aromatic N) is 3. The van der Waals surface area contributed by atoms with Gasteiger partial charge in [0.05, 0.1) is 5.69 Å². The number of aromatic nitrogens is 1. The van der Waals surface area contributed by atoms with Crippen LogP contribution < -0.4 is 0 Å². The lowest BCUT2D eigenvalue weighted by Gasteiger charge is -1.97. The molecular formula is C16H13N3O4. The highest BCUT2D eigenvalue weighted by Gasteiger charge is 2.15. The molecule has 0 spiro atoms. The van der Waals surface area contributed by atoms with Gasteiger partial charge in [-0.2, -0.15) is 0 Å². The summed E-state index contributed by atoms with van der Waals surface area (Å²) in [7, 11) is 1.51. The number of aromatic hydroxyl groups is 3. The average Bonchev–Trinajstić information content (AvgIpc) is 2.78. The van der Waals surface area contributed by atoms with Crippen LogP contribution in [0.1, 0.15) is 10.4 Å². The van der Waals surface area contributed by atoms with Crippen LogP contribution in [-0.4, -0.2) is 25.8 Å². The molecular weight excluding hydrogens is 298 g/mol. The standard InChI is InChI=1S/C16H13N3O4/c1-19-15(22)12-7-2-9(8-13(12)16(19)23)14(21)18-17-10-3-5-11(20)6-4-10/h2-8,20,22-23H,1H3. The largest absolute Gasteiger partial charge is 0.508 e. The smallest absolute Gasteiger partial charge is 0.295 e. The molecule has 0 aliphatic heterocycles. The van der Waals surface area contributed by atoms with E-state index in [0.717, 1.165) is 0 Å². The van der Waals surface area contributed by atoms with E-state index in [1.165, 1.54) is 54.1 Å². The highest BCUT2D eigenvalue weighted by Crippen LogP contribution is 2.35. The molecule has 116 valence electrons. The van der Waals surface area contributed by atoms with Crippen LogP contribution in [0, 0.1) is 0 Å². The molecule has 0 saturated carbocycles. The van der Waals surface area contributed by atoms with Crippen molar-refractivity contribution in [1.82, 2.24) is 4.57 Å². The van der Waals surface area contributed by atoms with Gasteiger partial charge in [0.15, 0.2) is 0 Å². The van der Waals surface area contributed by atoms with Crippen LogP contribution in [0.25, 0.3) is 10.8 Å². The minimum absolute atomic E-state index is 0.0813. The van der Waals surface area contributed by atoms with E-state index in [-0.39, 0.29) is 23.1 Å². The Balaban J connectivity index is 1.92. The SMILES string of the molecule is Cn1c(O)c2ccc(C(=O)N=Nc3ccc(O)cc3)cc2c1O. The lowest BCUT2D eigenvalue weighted by molar-refractivity contribution is 0.0995. The lowest BCUT2D eigenvalue weighted by atomic mass is 10.1. The van der Waals surface area contributed by atoms with Crippen LogP contribution in [0.4, 0.5) is 5.69 Å². The summed E-state index contributed by atoms with van der Waals surface area (Å²) in [6.45, 7) is 0. The van der Waals surface area contributed by atoms with E-state index in [2.05, 4.69) is 10.2 Å². The second-order valence-electron chi connectivity index (χ2n) is 4.99. The maximum absolute atomic E-state index is 12.1. The van der Waals surface area contributed by atoms with E-state index < -0.39 is 5.91 Å². The van der Waals surface area contributed by atoms with Crippen molar-refractivity contribution in [3.05, 3.63) is 48.0 Å². The first-order chi connectivity index (χ1) is 11.0. The highest BCUT2D eigenvalue weighted by atomic mass is 16.3. The second kappa shape index (κ2) is 5.45. The predicted octanol–water partition coefficient (Wildman–Crippen LogP) is 3.22. The number of carbonyl (C=O) groups excluding carboxylic acids is 1. The van der Waals surface area contributed by atoms with E-state index in [1.807, 2.05) is 0 Å². The number of hydrogen-bond acceptors (Lipinski definition) is 5. The summed E-state index contributed by atoms with van der Waals surface area (Å²) in [6.07, 6.45) is 0. The van der Waals surface area contributed by atoms with Gasteiger partial charge in [0, 0.05) is 23.4 Å². The summed E-state index contributed by atoms with van der Waals surface area (Å²) in [5, 5.41) is 37.2. The third-order valence-corrected chi connectivity index (χ3v) is 3.49. The molecule has 2 aromatic carbocycles. The van der Waals surface area contributed by atoms with Crippen molar-refractivity contribution in [2.75, 3.05) is 0 Å². The molecule has 0 aliphatic carbocycles. The van der Waals surface area contributed by atoms with Crippen molar-refractivity contribution in [3.63, 3.8) is 0 Å². The maximum Gasteiger partial charge on any atom is 0.295 e. The topological polar surface area (TPSA) is 107 Å². The number of azo groups is 1. The van der Waals surface area contributed by atoms with E-state index >= 15 is 0 Å². The Hall–Kier alpha value is -3.35. The number of fused-ring (bicyclic) bond motifs is 1. The van der Waals surface area contributed by atoms with Gasteiger partial charge in [0.2, 0.25) is 11.8 Å². The highest BCUT2D eigenvalue weighted by molar-refractivity contribution is 6.01. The van der Waals surface area contributed by atoms with Gasteiger partial charge in [-0.15, -0.1) is 10.2 Å². The van der Waals surface area contributed by atoms with E-state index in [9.17, 15) is 20.1 Å². The molecule has 0 radical (unpaired) electrons. The van der Waals surface area contributed by atoms with Crippen LogP contribution in [0.2, 0.25) is 0 Å². The number of amides is 1. The number of phenolic OH excluding ortho intramolecular Hbond substituents is 1. The van der Waals surface area contributed by atoms with Gasteiger partial charge in [-0.25, -0.2) is 0 Å². The Morgan fingerprint density at radius 2 is 1.61 bits per heavy atom. The molecule has 0 unspecified atom stereocenters. The fourth-order valence-electron chi connectivity index (χ4n) is 2.20. The van der Waals surface area contributed by atoms with Crippen molar-refractivity contribution < 1.29 is 20.1 Å². The minimum atomic E-state index is -0.581. The summed E-state index contributed by atoms with van der Waals surface area (Å²) in [5.74, 6) is -0.701. The minimum Gasteiger partial charge on any atom is -0.508 e. The molecule has 0 aliphatic rings. The Labute approximate surface area is 130 Å². The van der Waals surface area contributed by atoms with Crippen LogP contribution in [0.3, 0.4) is 0 Å². The molecule has 1 amide bonds. The molecule has 1 aromatic heterocycles. The monoisotopic (exact) mass is 311 g/mol. The molecule has 3 rings (SSSR count). The number of carbonyl (C=O) groups is 1. The Kier molecular flexibility index (Phi) is 3.46. The maximum atomic E-state index is 12.1. The predicted molar refractivity (Wildman–Crippen MR) is 83.2 cm³/mol. The first-order valence-electron chi connectivity index (χ1n) is 6.73. The summed E-state index contributed by atoms with van der Waals surface area (Å²) in [6, 6.07) is 10.4. The number of benzene rings is 2. The zero-order valence-corrected chi connectivity index (χ0v) is 12.1. The Morgan fingerprint density at radius 3 is 2.30 bits per heavy atom. The molecule has 1 heterocycles. The van der Waals surface area contributed by atoms with Crippen LogP contribution in [0.15, 0.2) is 52.7 Å². The average molecular weight is 311 g/mol. The number of rotatable bonds is 2. The third kappa shape index (κ3) is 2.59. The van der Waals surface area contributed by atoms with Crippen molar-refractivity contribution >= 4 is 22.4 Å². The van der Waals surface area contributed by atoms with Gasteiger partial charge in [-0.05, 0) is 42.5 Å². The molecule has 7 nitrogen and oxygen atoms in total. The lowest BCUT2D eigenvalue weighted by Crippen LogP contribution is -1.92. The molecule has 3 N–H and O–H groups in total. The summed E-state index contributed by atoms with van der Waals surface area (Å²) in [4.78, 5) is 12.1. The fourth-order valence-corrected chi connectivity index (χ4v) is 2.20. The molecule has 7 heteroatoms. The summed E-state index contributed by atoms with van der Waals surface area (Å²) >= 11 is 0. The third-order valence-electron chi connectivity index (χ3n) is 3.49. The molecule has 0 fully saturated rings. The fraction of sp³-hybridized carbons (Fsp3) is 0.0625.